The number of para-hydroxylation sites is 1. The van der Waals surface area contributed by atoms with Crippen LogP contribution in [0.1, 0.15) is 47.6 Å². The predicted octanol–water partition coefficient (Wildman–Crippen LogP) is 5.02. The third-order valence-electron chi connectivity index (χ3n) is 5.42. The van der Waals surface area contributed by atoms with Gasteiger partial charge in [0.25, 0.3) is 11.7 Å². The van der Waals surface area contributed by atoms with Crippen LogP contribution in [0.3, 0.4) is 0 Å². The molecule has 0 unspecified atom stereocenters. The predicted molar refractivity (Wildman–Crippen MR) is 111 cm³/mol. The second-order valence-corrected chi connectivity index (χ2v) is 7.60. The van der Waals surface area contributed by atoms with E-state index in [9.17, 15) is 4.79 Å². The normalized spacial score (nSPS) is 15.6. The number of nitrogens with zero attached hydrogens (tertiary/aromatic N) is 1. The number of furan rings is 1. The molecular formula is C24H20N2O5. The van der Waals surface area contributed by atoms with Gasteiger partial charge in [0.1, 0.15) is 24.2 Å². The maximum Gasteiger partial charge on any atom is 0.291 e. The first kappa shape index (κ1) is 19.1. The number of ether oxygens (including phenoxy) is 3. The van der Waals surface area contributed by atoms with Gasteiger partial charge in [-0.3, -0.25) is 4.79 Å². The van der Waals surface area contributed by atoms with Crippen molar-refractivity contribution < 1.29 is 23.4 Å². The number of carbonyl (C=O) groups excluding carboxylic acids is 1. The molecule has 2 aromatic carbocycles. The smallest absolute Gasteiger partial charge is 0.291 e. The minimum absolute atomic E-state index is 0.109. The number of amides is 1. The number of benzene rings is 2. The quantitative estimate of drug-likeness (QED) is 0.627. The van der Waals surface area contributed by atoms with Crippen LogP contribution < -0.4 is 19.5 Å². The first-order valence-electron chi connectivity index (χ1n) is 10.2. The lowest BCUT2D eigenvalue weighted by atomic mass is 10.2. The van der Waals surface area contributed by atoms with Crippen LogP contribution in [0.2, 0.25) is 0 Å². The number of fused-ring (bicyclic) bond motifs is 1. The number of carbonyl (C=O) groups is 1. The molecule has 1 aromatic heterocycles. The van der Waals surface area contributed by atoms with Crippen molar-refractivity contribution in [3.8, 4) is 23.3 Å². The Morgan fingerprint density at radius 3 is 2.71 bits per heavy atom. The van der Waals surface area contributed by atoms with Gasteiger partial charge in [-0.05, 0) is 49.2 Å². The van der Waals surface area contributed by atoms with Crippen molar-refractivity contribution in [1.82, 2.24) is 0 Å². The van der Waals surface area contributed by atoms with Gasteiger partial charge < -0.3 is 23.9 Å². The third kappa shape index (κ3) is 3.80. The fourth-order valence-electron chi connectivity index (χ4n) is 3.89. The number of anilines is 1. The van der Waals surface area contributed by atoms with Crippen molar-refractivity contribution >= 4 is 11.6 Å². The van der Waals surface area contributed by atoms with Crippen LogP contribution in [0.4, 0.5) is 5.69 Å². The van der Waals surface area contributed by atoms with Gasteiger partial charge in [-0.25, -0.2) is 0 Å². The van der Waals surface area contributed by atoms with Gasteiger partial charge in [-0.15, -0.1) is 0 Å². The van der Waals surface area contributed by atoms with Gasteiger partial charge in [0.2, 0.25) is 0 Å². The van der Waals surface area contributed by atoms with Gasteiger partial charge >= 0.3 is 0 Å². The van der Waals surface area contributed by atoms with Gasteiger partial charge in [0.15, 0.2) is 17.3 Å². The Hall–Kier alpha value is -3.92. The number of hydrogen-bond acceptors (Lipinski definition) is 6. The zero-order chi connectivity index (χ0) is 21.3. The van der Waals surface area contributed by atoms with Crippen LogP contribution in [-0.4, -0.2) is 11.7 Å². The maximum atomic E-state index is 12.6. The molecule has 7 nitrogen and oxygen atoms in total. The molecule has 0 saturated heterocycles. The molecular weight excluding hydrogens is 396 g/mol. The Morgan fingerprint density at radius 2 is 1.87 bits per heavy atom. The van der Waals surface area contributed by atoms with E-state index in [0.29, 0.717) is 34.3 Å². The molecule has 1 saturated carbocycles. The Labute approximate surface area is 179 Å². The minimum Gasteiger partial charge on any atom is -0.484 e. The minimum atomic E-state index is -0.537. The maximum absolute atomic E-state index is 12.6. The van der Waals surface area contributed by atoms with E-state index in [1.807, 2.05) is 6.07 Å². The molecule has 156 valence electrons. The van der Waals surface area contributed by atoms with Gasteiger partial charge in [-0.1, -0.05) is 12.1 Å². The van der Waals surface area contributed by atoms with E-state index >= 15 is 0 Å². The summed E-state index contributed by atoms with van der Waals surface area (Å²) in [6, 6.07) is 17.6. The zero-order valence-electron chi connectivity index (χ0n) is 16.7. The molecule has 3 aromatic rings. The highest BCUT2D eigenvalue weighted by Gasteiger charge is 2.44. The van der Waals surface area contributed by atoms with Crippen molar-refractivity contribution in [2.24, 2.45) is 0 Å². The van der Waals surface area contributed by atoms with E-state index in [1.165, 1.54) is 0 Å². The summed E-state index contributed by atoms with van der Waals surface area (Å²) >= 11 is 0. The monoisotopic (exact) mass is 416 g/mol. The lowest BCUT2D eigenvalue weighted by molar-refractivity contribution is -0.0716. The van der Waals surface area contributed by atoms with E-state index in [0.717, 1.165) is 25.7 Å². The number of rotatable bonds is 5. The molecule has 2 aliphatic rings. The van der Waals surface area contributed by atoms with E-state index in [1.54, 1.807) is 48.5 Å². The van der Waals surface area contributed by atoms with Crippen LogP contribution in [0.25, 0.3) is 0 Å². The highest BCUT2D eigenvalue weighted by molar-refractivity contribution is 6.02. The van der Waals surface area contributed by atoms with Crippen molar-refractivity contribution in [3.63, 3.8) is 0 Å². The average molecular weight is 416 g/mol. The summed E-state index contributed by atoms with van der Waals surface area (Å²) in [4.78, 5) is 12.6. The molecule has 1 N–H and O–H groups in total. The van der Waals surface area contributed by atoms with E-state index < -0.39 is 5.79 Å². The van der Waals surface area contributed by atoms with E-state index in [2.05, 4.69) is 11.4 Å². The summed E-state index contributed by atoms with van der Waals surface area (Å²) in [5.74, 6) is 1.54. The first-order chi connectivity index (χ1) is 15.1. The SMILES string of the molecule is N#Cc1ccccc1OCc1ccc(C(=O)Nc2ccc3c(c2)OC2(CCCC2)O3)o1. The van der Waals surface area contributed by atoms with Gasteiger partial charge in [0, 0.05) is 24.6 Å². The Morgan fingerprint density at radius 1 is 1.06 bits per heavy atom. The second kappa shape index (κ2) is 7.73. The molecule has 31 heavy (non-hydrogen) atoms. The number of nitrogens with one attached hydrogen (secondary N) is 1. The third-order valence-corrected chi connectivity index (χ3v) is 5.42. The summed E-state index contributed by atoms with van der Waals surface area (Å²) in [5.41, 5.74) is 1.04. The summed E-state index contributed by atoms with van der Waals surface area (Å²) in [6.45, 7) is 0.109. The van der Waals surface area contributed by atoms with Crippen molar-refractivity contribution in [2.75, 3.05) is 5.32 Å². The molecule has 0 bridgehead atoms. The first-order valence-corrected chi connectivity index (χ1v) is 10.2. The average Bonchev–Trinajstić information content (AvgIpc) is 3.52. The van der Waals surface area contributed by atoms with Crippen molar-refractivity contribution in [1.29, 1.82) is 5.26 Å². The second-order valence-electron chi connectivity index (χ2n) is 7.60. The van der Waals surface area contributed by atoms with Crippen LogP contribution in [0.15, 0.2) is 59.0 Å². The summed E-state index contributed by atoms with van der Waals surface area (Å²) in [6.07, 6.45) is 3.92. The molecule has 1 aliphatic heterocycles. The number of nitriles is 1. The Kier molecular flexibility index (Phi) is 4.75. The van der Waals surface area contributed by atoms with Crippen LogP contribution in [-0.2, 0) is 6.61 Å². The Balaban J connectivity index is 1.22. The van der Waals surface area contributed by atoms with Crippen LogP contribution in [0, 0.1) is 11.3 Å². The van der Waals surface area contributed by atoms with Crippen molar-refractivity contribution in [2.45, 2.75) is 38.1 Å². The molecule has 1 amide bonds. The molecule has 7 heteroatoms. The van der Waals surface area contributed by atoms with Crippen LogP contribution >= 0.6 is 0 Å². The van der Waals surface area contributed by atoms with E-state index in [-0.39, 0.29) is 18.3 Å². The summed E-state index contributed by atoms with van der Waals surface area (Å²) < 4.78 is 23.3. The number of hydrogen-bond donors (Lipinski definition) is 1. The molecule has 0 atom stereocenters. The molecule has 1 spiro atoms. The molecule has 1 fully saturated rings. The summed E-state index contributed by atoms with van der Waals surface area (Å²) in [5, 5.41) is 11.9. The topological polar surface area (TPSA) is 93.7 Å². The van der Waals surface area contributed by atoms with Gasteiger partial charge in [-0.2, -0.15) is 5.26 Å². The van der Waals surface area contributed by atoms with Gasteiger partial charge in [0.05, 0.1) is 5.56 Å². The Bertz CT molecular complexity index is 1170. The lowest BCUT2D eigenvalue weighted by Gasteiger charge is -2.21. The van der Waals surface area contributed by atoms with E-state index in [4.69, 9.17) is 23.9 Å². The fraction of sp³-hybridized carbons (Fsp3) is 0.250. The molecule has 0 radical (unpaired) electrons. The van der Waals surface area contributed by atoms with Crippen LogP contribution in [0.5, 0.6) is 17.2 Å². The lowest BCUT2D eigenvalue weighted by Crippen LogP contribution is -2.34. The fourth-order valence-corrected chi connectivity index (χ4v) is 3.89. The molecule has 1 aliphatic carbocycles. The highest BCUT2D eigenvalue weighted by atomic mass is 16.7. The zero-order valence-corrected chi connectivity index (χ0v) is 16.7. The largest absolute Gasteiger partial charge is 0.484 e. The highest BCUT2D eigenvalue weighted by Crippen LogP contribution is 2.47. The molecule has 5 rings (SSSR count). The molecule has 2 heterocycles. The van der Waals surface area contributed by atoms with Crippen molar-refractivity contribution in [3.05, 3.63) is 71.7 Å². The standard InChI is InChI=1S/C24H20N2O5/c25-14-16-5-1-2-6-19(16)28-15-18-8-10-21(29-18)23(27)26-17-7-9-20-22(13-17)31-24(30-20)11-3-4-12-24/h1-2,5-10,13H,3-4,11-12,15H2,(H,26,27). The summed E-state index contributed by atoms with van der Waals surface area (Å²) in [7, 11) is 0.